The third-order valence-corrected chi connectivity index (χ3v) is 2.45. The van der Waals surface area contributed by atoms with Gasteiger partial charge in [0, 0.05) is 18.2 Å². The minimum absolute atomic E-state index is 0.0683. The molecule has 0 saturated carbocycles. The molecule has 0 aromatic heterocycles. The van der Waals surface area contributed by atoms with Crippen LogP contribution in [-0.2, 0) is 11.2 Å². The maximum atomic E-state index is 11.5. The number of nitrogens with two attached hydrogens (primary N) is 1. The molecule has 0 aliphatic heterocycles. The van der Waals surface area contributed by atoms with Crippen LogP contribution in [0.3, 0.4) is 0 Å². The van der Waals surface area contributed by atoms with Gasteiger partial charge in [-0.2, -0.15) is 0 Å². The van der Waals surface area contributed by atoms with E-state index in [0.29, 0.717) is 18.5 Å². The number of rotatable bonds is 5. The fourth-order valence-electron chi connectivity index (χ4n) is 1.44. The molecule has 0 bridgehead atoms. The third kappa shape index (κ3) is 3.81. The molecule has 18 heavy (non-hydrogen) atoms. The quantitative estimate of drug-likeness (QED) is 0.602. The molecule has 0 aliphatic rings. The lowest BCUT2D eigenvalue weighted by atomic mass is 10.1. The van der Waals surface area contributed by atoms with E-state index in [1.165, 1.54) is 6.07 Å². The first-order valence-corrected chi connectivity index (χ1v) is 5.62. The molecule has 3 N–H and O–H groups in total. The monoisotopic (exact) mass is 251 g/mol. The van der Waals surface area contributed by atoms with Gasteiger partial charge in [0.15, 0.2) is 0 Å². The standard InChI is InChI=1S/C12H17N3O3/c1-12(2,13)11(16)14-8-7-9-5-3-4-6-10(9)15(17)18/h3-6H,7-8,13H2,1-2H3,(H,14,16). The highest BCUT2D eigenvalue weighted by atomic mass is 16.6. The van der Waals surface area contributed by atoms with Crippen molar-refractivity contribution in [2.75, 3.05) is 6.54 Å². The summed E-state index contributed by atoms with van der Waals surface area (Å²) < 4.78 is 0. The topological polar surface area (TPSA) is 98.3 Å². The highest BCUT2D eigenvalue weighted by Crippen LogP contribution is 2.17. The molecule has 98 valence electrons. The Kier molecular flexibility index (Phi) is 4.38. The molecular formula is C12H17N3O3. The molecule has 1 rings (SSSR count). The third-order valence-electron chi connectivity index (χ3n) is 2.45. The van der Waals surface area contributed by atoms with Gasteiger partial charge >= 0.3 is 0 Å². The van der Waals surface area contributed by atoms with Crippen LogP contribution in [0, 0.1) is 10.1 Å². The predicted octanol–water partition coefficient (Wildman–Crippen LogP) is 0.991. The minimum Gasteiger partial charge on any atom is -0.354 e. The second-order valence-electron chi connectivity index (χ2n) is 4.61. The lowest BCUT2D eigenvalue weighted by Crippen LogP contribution is -2.49. The van der Waals surface area contributed by atoms with Crippen LogP contribution in [0.2, 0.25) is 0 Å². The Bertz CT molecular complexity index is 452. The molecule has 1 aromatic rings. The van der Waals surface area contributed by atoms with Gasteiger partial charge in [0.2, 0.25) is 5.91 Å². The number of amides is 1. The molecule has 0 unspecified atom stereocenters. The summed E-state index contributed by atoms with van der Waals surface area (Å²) in [5.74, 6) is -0.277. The fraction of sp³-hybridized carbons (Fsp3) is 0.417. The number of nitro benzene ring substituents is 1. The van der Waals surface area contributed by atoms with Gasteiger partial charge in [-0.1, -0.05) is 18.2 Å². The average Bonchev–Trinajstić information content (AvgIpc) is 2.28. The Hall–Kier alpha value is -1.95. The Balaban J connectivity index is 2.60. The van der Waals surface area contributed by atoms with E-state index in [1.807, 2.05) is 0 Å². The number of nitro groups is 1. The molecule has 0 atom stereocenters. The van der Waals surface area contributed by atoms with Crippen molar-refractivity contribution in [3.05, 3.63) is 39.9 Å². The van der Waals surface area contributed by atoms with Gasteiger partial charge in [-0.25, -0.2) is 0 Å². The molecule has 0 heterocycles. The SMILES string of the molecule is CC(C)(N)C(=O)NCCc1ccccc1[N+](=O)[O-]. The van der Waals surface area contributed by atoms with Gasteiger partial charge in [0.05, 0.1) is 10.5 Å². The summed E-state index contributed by atoms with van der Waals surface area (Å²) in [5, 5.41) is 13.4. The number of benzene rings is 1. The second kappa shape index (κ2) is 5.59. The van der Waals surface area contributed by atoms with Gasteiger partial charge in [0.25, 0.3) is 5.69 Å². The molecule has 0 aliphatic carbocycles. The number of hydrogen-bond acceptors (Lipinski definition) is 4. The van der Waals surface area contributed by atoms with Crippen LogP contribution in [0.5, 0.6) is 0 Å². The summed E-state index contributed by atoms with van der Waals surface area (Å²) in [5.41, 5.74) is 5.34. The molecular weight excluding hydrogens is 234 g/mol. The van der Waals surface area contributed by atoms with Gasteiger partial charge in [-0.15, -0.1) is 0 Å². The van der Waals surface area contributed by atoms with Crippen LogP contribution in [0.1, 0.15) is 19.4 Å². The van der Waals surface area contributed by atoms with E-state index in [0.717, 1.165) is 0 Å². The number of carbonyl (C=O) groups excluding carboxylic acids is 1. The Morgan fingerprint density at radius 1 is 1.44 bits per heavy atom. The van der Waals surface area contributed by atoms with Crippen molar-refractivity contribution in [3.63, 3.8) is 0 Å². The fourth-order valence-corrected chi connectivity index (χ4v) is 1.44. The number of para-hydroxylation sites is 1. The van der Waals surface area contributed by atoms with Crippen molar-refractivity contribution in [2.45, 2.75) is 25.8 Å². The lowest BCUT2D eigenvalue weighted by Gasteiger charge is -2.17. The van der Waals surface area contributed by atoms with Crippen molar-refractivity contribution in [2.24, 2.45) is 5.73 Å². The first kappa shape index (κ1) is 14.1. The maximum absolute atomic E-state index is 11.5. The van der Waals surface area contributed by atoms with Crippen LogP contribution in [-0.4, -0.2) is 22.9 Å². The first-order chi connectivity index (χ1) is 8.32. The van der Waals surface area contributed by atoms with Crippen LogP contribution in [0.4, 0.5) is 5.69 Å². The van der Waals surface area contributed by atoms with Gasteiger partial charge in [-0.05, 0) is 20.3 Å². The summed E-state index contributed by atoms with van der Waals surface area (Å²) in [6, 6.07) is 6.47. The molecule has 0 spiro atoms. The zero-order chi connectivity index (χ0) is 13.8. The molecule has 1 aromatic carbocycles. The average molecular weight is 251 g/mol. The van der Waals surface area contributed by atoms with E-state index < -0.39 is 10.5 Å². The number of carbonyl (C=O) groups is 1. The Labute approximate surface area is 105 Å². The summed E-state index contributed by atoms with van der Waals surface area (Å²) in [6.07, 6.45) is 0.402. The molecule has 6 nitrogen and oxygen atoms in total. The number of nitrogens with zero attached hydrogens (tertiary/aromatic N) is 1. The van der Waals surface area contributed by atoms with E-state index >= 15 is 0 Å². The van der Waals surface area contributed by atoms with Crippen LogP contribution < -0.4 is 11.1 Å². The zero-order valence-electron chi connectivity index (χ0n) is 10.5. The normalized spacial score (nSPS) is 11.1. The lowest BCUT2D eigenvalue weighted by molar-refractivity contribution is -0.385. The van der Waals surface area contributed by atoms with E-state index in [4.69, 9.17) is 5.73 Å². The molecule has 0 radical (unpaired) electrons. The van der Waals surface area contributed by atoms with Gasteiger partial charge in [0.1, 0.15) is 0 Å². The van der Waals surface area contributed by atoms with Crippen molar-refractivity contribution >= 4 is 11.6 Å². The van der Waals surface area contributed by atoms with E-state index in [-0.39, 0.29) is 11.6 Å². The molecule has 0 saturated heterocycles. The van der Waals surface area contributed by atoms with Crippen molar-refractivity contribution in [1.29, 1.82) is 0 Å². The van der Waals surface area contributed by atoms with E-state index in [1.54, 1.807) is 32.0 Å². The molecule has 6 heteroatoms. The molecule has 0 fully saturated rings. The van der Waals surface area contributed by atoms with Crippen molar-refractivity contribution in [3.8, 4) is 0 Å². The highest BCUT2D eigenvalue weighted by Gasteiger charge is 2.21. The minimum atomic E-state index is -0.942. The van der Waals surface area contributed by atoms with Gasteiger partial charge in [-0.3, -0.25) is 14.9 Å². The van der Waals surface area contributed by atoms with Crippen LogP contribution in [0.25, 0.3) is 0 Å². The number of nitrogens with one attached hydrogen (secondary N) is 1. The summed E-state index contributed by atoms with van der Waals surface area (Å²) in [6.45, 7) is 3.53. The van der Waals surface area contributed by atoms with Crippen molar-refractivity contribution < 1.29 is 9.72 Å². The number of hydrogen-bond donors (Lipinski definition) is 2. The van der Waals surface area contributed by atoms with Gasteiger partial charge < -0.3 is 11.1 Å². The van der Waals surface area contributed by atoms with Crippen LogP contribution in [0.15, 0.2) is 24.3 Å². The smallest absolute Gasteiger partial charge is 0.272 e. The summed E-state index contributed by atoms with van der Waals surface area (Å²) in [7, 11) is 0. The maximum Gasteiger partial charge on any atom is 0.272 e. The largest absolute Gasteiger partial charge is 0.354 e. The predicted molar refractivity (Wildman–Crippen MR) is 68.1 cm³/mol. The van der Waals surface area contributed by atoms with Crippen molar-refractivity contribution in [1.82, 2.24) is 5.32 Å². The highest BCUT2D eigenvalue weighted by molar-refractivity contribution is 5.85. The van der Waals surface area contributed by atoms with Crippen LogP contribution >= 0.6 is 0 Å². The van der Waals surface area contributed by atoms with E-state index in [2.05, 4.69) is 5.32 Å². The second-order valence-corrected chi connectivity index (χ2v) is 4.61. The summed E-state index contributed by atoms with van der Waals surface area (Å²) in [4.78, 5) is 21.9. The Morgan fingerprint density at radius 3 is 2.61 bits per heavy atom. The molecule has 1 amide bonds. The van der Waals surface area contributed by atoms with E-state index in [9.17, 15) is 14.9 Å². The Morgan fingerprint density at radius 2 is 2.06 bits per heavy atom. The zero-order valence-corrected chi connectivity index (χ0v) is 10.5. The first-order valence-electron chi connectivity index (χ1n) is 5.62. The summed E-state index contributed by atoms with van der Waals surface area (Å²) >= 11 is 0.